The molecule has 2 rings (SSSR count). The molecule has 7 nitrogen and oxygen atoms in total. The molecule has 0 aromatic heterocycles. The maximum Gasteiger partial charge on any atom is 0.387 e. The topological polar surface area (TPSA) is 103 Å². The van der Waals surface area contributed by atoms with E-state index in [9.17, 15) is 18.9 Å². The van der Waals surface area contributed by atoms with Gasteiger partial charge in [0.25, 0.3) is 5.69 Å². The molecule has 2 aromatic rings. The number of nitro groups is 1. The van der Waals surface area contributed by atoms with E-state index in [1.807, 2.05) is 30.3 Å². The number of hydrogen-bond donors (Lipinski definition) is 1. The number of thioether (sulfide) groups is 1. The van der Waals surface area contributed by atoms with E-state index in [-0.39, 0.29) is 22.2 Å². The van der Waals surface area contributed by atoms with Gasteiger partial charge in [0.15, 0.2) is 5.17 Å². The highest BCUT2D eigenvalue weighted by Crippen LogP contribution is 2.24. The van der Waals surface area contributed by atoms with E-state index >= 15 is 0 Å². The molecule has 26 heavy (non-hydrogen) atoms. The Kier molecular flexibility index (Phi) is 7.03. The molecule has 0 heterocycles. The second kappa shape index (κ2) is 9.47. The lowest BCUT2D eigenvalue weighted by Crippen LogP contribution is -2.06. The Bertz CT molecular complexity index is 816. The lowest BCUT2D eigenvalue weighted by molar-refractivity contribution is -0.384. The van der Waals surface area contributed by atoms with Crippen LogP contribution in [-0.4, -0.2) is 22.9 Å². The zero-order valence-corrected chi connectivity index (χ0v) is 14.1. The van der Waals surface area contributed by atoms with Crippen LogP contribution in [0, 0.1) is 10.1 Å². The predicted molar refractivity (Wildman–Crippen MR) is 96.7 cm³/mol. The monoisotopic (exact) mass is 380 g/mol. The van der Waals surface area contributed by atoms with Crippen molar-refractivity contribution in [1.82, 2.24) is 0 Å². The van der Waals surface area contributed by atoms with Gasteiger partial charge in [-0.1, -0.05) is 42.1 Å². The molecule has 0 unspecified atom stereocenters. The van der Waals surface area contributed by atoms with Crippen LogP contribution in [0.5, 0.6) is 5.75 Å². The Balaban J connectivity index is 2.09. The van der Waals surface area contributed by atoms with Gasteiger partial charge in [0.1, 0.15) is 5.75 Å². The number of halogens is 2. The van der Waals surface area contributed by atoms with Gasteiger partial charge in [0, 0.05) is 23.4 Å². The highest BCUT2D eigenvalue weighted by molar-refractivity contribution is 8.13. The van der Waals surface area contributed by atoms with E-state index in [4.69, 9.17) is 5.73 Å². The van der Waals surface area contributed by atoms with Gasteiger partial charge in [0.2, 0.25) is 0 Å². The van der Waals surface area contributed by atoms with Crippen LogP contribution in [0.1, 0.15) is 11.1 Å². The number of alkyl halides is 2. The molecule has 2 N–H and O–H groups in total. The van der Waals surface area contributed by atoms with Crippen LogP contribution in [0.3, 0.4) is 0 Å². The zero-order chi connectivity index (χ0) is 18.9. The van der Waals surface area contributed by atoms with Crippen molar-refractivity contribution in [3.63, 3.8) is 0 Å². The first-order valence-corrected chi connectivity index (χ1v) is 8.20. The lowest BCUT2D eigenvalue weighted by atomic mass is 10.2. The summed E-state index contributed by atoms with van der Waals surface area (Å²) in [5.41, 5.74) is 6.47. The Morgan fingerprint density at radius 2 is 2.04 bits per heavy atom. The van der Waals surface area contributed by atoms with Gasteiger partial charge in [-0.3, -0.25) is 10.1 Å². The molecule has 0 aliphatic carbocycles. The predicted octanol–water partition coefficient (Wildman–Crippen LogP) is 3.78. The summed E-state index contributed by atoms with van der Waals surface area (Å²) >= 11 is 1.24. The first-order valence-electron chi connectivity index (χ1n) is 7.22. The molecule has 0 saturated carbocycles. The number of nitrogens with zero attached hydrogens (tertiary/aromatic N) is 3. The number of non-ortho nitro benzene ring substituents is 1. The number of ether oxygens (including phenoxy) is 1. The SMILES string of the molecule is NC(=NN=Cc1cc([N+](=O)[O-])ccc1OC(F)F)SCc1ccccc1. The van der Waals surface area contributed by atoms with Gasteiger partial charge in [0.05, 0.1) is 11.1 Å². The first-order chi connectivity index (χ1) is 12.5. The minimum Gasteiger partial charge on any atom is -0.434 e. The molecule has 0 amide bonds. The Labute approximate surface area is 151 Å². The van der Waals surface area contributed by atoms with E-state index in [1.54, 1.807) is 0 Å². The van der Waals surface area contributed by atoms with Crippen LogP contribution >= 0.6 is 11.8 Å². The van der Waals surface area contributed by atoms with Gasteiger partial charge in [-0.05, 0) is 11.6 Å². The van der Waals surface area contributed by atoms with Crippen LogP contribution in [0.15, 0.2) is 58.7 Å². The maximum absolute atomic E-state index is 12.4. The van der Waals surface area contributed by atoms with E-state index < -0.39 is 11.5 Å². The summed E-state index contributed by atoms with van der Waals surface area (Å²) in [4.78, 5) is 10.2. The van der Waals surface area contributed by atoms with Crippen molar-refractivity contribution in [2.75, 3.05) is 0 Å². The standard InChI is InChI=1S/C16H14F2N4O3S/c17-15(18)25-14-7-6-13(22(23)24)8-12(14)9-20-21-16(19)26-10-11-4-2-1-3-5-11/h1-9,15H,10H2,(H2,19,21). The normalized spacial score (nSPS) is 11.9. The Morgan fingerprint density at radius 3 is 2.69 bits per heavy atom. The zero-order valence-electron chi connectivity index (χ0n) is 13.3. The Hall–Kier alpha value is -3.01. The molecule has 10 heteroatoms. The number of amidine groups is 1. The van der Waals surface area contributed by atoms with Gasteiger partial charge in [-0.2, -0.15) is 13.9 Å². The van der Waals surface area contributed by atoms with Crippen LogP contribution in [0.2, 0.25) is 0 Å². The minimum atomic E-state index is -3.07. The summed E-state index contributed by atoms with van der Waals surface area (Å²) < 4.78 is 29.2. The fourth-order valence-electron chi connectivity index (χ4n) is 1.86. The summed E-state index contributed by atoms with van der Waals surface area (Å²) in [7, 11) is 0. The van der Waals surface area contributed by atoms with E-state index in [0.29, 0.717) is 5.75 Å². The van der Waals surface area contributed by atoms with Gasteiger partial charge in [-0.25, -0.2) is 0 Å². The number of hydrogen-bond acceptors (Lipinski definition) is 6. The quantitative estimate of drug-likeness (QED) is 0.341. The fraction of sp³-hybridized carbons (Fsp3) is 0.125. The smallest absolute Gasteiger partial charge is 0.387 e. The van der Waals surface area contributed by atoms with Gasteiger partial charge < -0.3 is 10.5 Å². The summed E-state index contributed by atoms with van der Waals surface area (Å²) in [6, 6.07) is 12.7. The van der Waals surface area contributed by atoms with E-state index in [0.717, 1.165) is 30.0 Å². The fourth-order valence-corrected chi connectivity index (χ4v) is 2.47. The summed E-state index contributed by atoms with van der Waals surface area (Å²) in [6.07, 6.45) is 1.07. The van der Waals surface area contributed by atoms with E-state index in [2.05, 4.69) is 14.9 Å². The molecule has 0 atom stereocenters. The van der Waals surface area contributed by atoms with Crippen molar-refractivity contribution >= 4 is 28.8 Å². The average Bonchev–Trinajstić information content (AvgIpc) is 2.61. The third-order valence-corrected chi connectivity index (χ3v) is 3.86. The van der Waals surface area contributed by atoms with Crippen molar-refractivity contribution in [3.05, 3.63) is 69.8 Å². The Morgan fingerprint density at radius 1 is 1.31 bits per heavy atom. The molecular weight excluding hydrogens is 366 g/mol. The molecule has 0 fully saturated rings. The second-order valence-electron chi connectivity index (χ2n) is 4.81. The molecule has 0 spiro atoms. The molecule has 2 aromatic carbocycles. The number of nitrogens with two attached hydrogens (primary N) is 1. The summed E-state index contributed by atoms with van der Waals surface area (Å²) in [5, 5.41) is 18.4. The summed E-state index contributed by atoms with van der Waals surface area (Å²) in [5.74, 6) is 0.336. The highest BCUT2D eigenvalue weighted by atomic mass is 32.2. The van der Waals surface area contributed by atoms with Crippen molar-refractivity contribution in [2.24, 2.45) is 15.9 Å². The van der Waals surface area contributed by atoms with E-state index in [1.165, 1.54) is 11.8 Å². The van der Waals surface area contributed by atoms with Crippen LogP contribution in [0.4, 0.5) is 14.5 Å². The van der Waals surface area contributed by atoms with Gasteiger partial charge in [-0.15, -0.1) is 5.10 Å². The molecular formula is C16H14F2N4O3S. The molecule has 0 aliphatic rings. The molecule has 0 aliphatic heterocycles. The largest absolute Gasteiger partial charge is 0.434 e. The molecule has 0 radical (unpaired) electrons. The summed E-state index contributed by atoms with van der Waals surface area (Å²) in [6.45, 7) is -3.07. The van der Waals surface area contributed by atoms with Gasteiger partial charge >= 0.3 is 6.61 Å². The van der Waals surface area contributed by atoms with Crippen molar-refractivity contribution in [3.8, 4) is 5.75 Å². The minimum absolute atomic E-state index is 0.0101. The first kappa shape index (κ1) is 19.3. The highest BCUT2D eigenvalue weighted by Gasteiger charge is 2.13. The number of nitro benzene ring substituents is 1. The molecule has 136 valence electrons. The van der Waals surface area contributed by atoms with Crippen LogP contribution in [-0.2, 0) is 5.75 Å². The maximum atomic E-state index is 12.4. The number of benzene rings is 2. The second-order valence-corrected chi connectivity index (χ2v) is 5.81. The van der Waals surface area contributed by atoms with Crippen molar-refractivity contribution in [2.45, 2.75) is 12.4 Å². The molecule has 0 saturated heterocycles. The third-order valence-electron chi connectivity index (χ3n) is 3.00. The lowest BCUT2D eigenvalue weighted by Gasteiger charge is -2.06. The van der Waals surface area contributed by atoms with Crippen molar-refractivity contribution in [1.29, 1.82) is 0 Å². The number of rotatable bonds is 7. The average molecular weight is 380 g/mol. The van der Waals surface area contributed by atoms with Crippen molar-refractivity contribution < 1.29 is 18.4 Å². The van der Waals surface area contributed by atoms with Crippen LogP contribution < -0.4 is 10.5 Å². The van der Waals surface area contributed by atoms with Crippen LogP contribution in [0.25, 0.3) is 0 Å². The third kappa shape index (κ3) is 6.13. The molecule has 0 bridgehead atoms.